The molecule has 0 spiro atoms. The summed E-state index contributed by atoms with van der Waals surface area (Å²) < 4.78 is 0.724. The van der Waals surface area contributed by atoms with Crippen molar-refractivity contribution in [2.75, 3.05) is 18.0 Å². The smallest absolute Gasteiger partial charge is 0.323 e. The van der Waals surface area contributed by atoms with E-state index in [4.69, 9.17) is 10.8 Å². The van der Waals surface area contributed by atoms with E-state index in [9.17, 15) is 9.59 Å². The second-order valence-electron chi connectivity index (χ2n) is 3.43. The van der Waals surface area contributed by atoms with Crippen molar-refractivity contribution in [1.29, 1.82) is 0 Å². The Hall–Kier alpha value is -1.56. The number of benzene rings is 1. The lowest BCUT2D eigenvalue weighted by Crippen LogP contribution is -2.31. The van der Waals surface area contributed by atoms with Crippen molar-refractivity contribution in [2.45, 2.75) is 6.92 Å². The predicted molar refractivity (Wildman–Crippen MR) is 68.2 cm³/mol. The van der Waals surface area contributed by atoms with Crippen LogP contribution in [-0.2, 0) is 4.79 Å². The first-order valence-corrected chi connectivity index (χ1v) is 5.81. The molecule has 0 heterocycles. The summed E-state index contributed by atoms with van der Waals surface area (Å²) >= 11 is 3.24. The van der Waals surface area contributed by atoms with E-state index in [2.05, 4.69) is 15.9 Å². The number of rotatable bonds is 5. The Morgan fingerprint density at radius 2 is 2.12 bits per heavy atom. The number of nitrogens with zero attached hydrogens (tertiary/aromatic N) is 1. The summed E-state index contributed by atoms with van der Waals surface area (Å²) in [5.41, 5.74) is 6.11. The number of anilines is 1. The first-order valence-electron chi connectivity index (χ1n) is 5.01. The molecular weight excluding hydrogens is 288 g/mol. The average Bonchev–Trinajstić information content (AvgIpc) is 2.25. The van der Waals surface area contributed by atoms with Crippen molar-refractivity contribution < 1.29 is 14.7 Å². The van der Waals surface area contributed by atoms with E-state index in [-0.39, 0.29) is 6.54 Å². The molecule has 6 heteroatoms. The highest BCUT2D eigenvalue weighted by molar-refractivity contribution is 9.10. The number of nitrogens with two attached hydrogens (primary N) is 1. The minimum atomic E-state index is -0.954. The van der Waals surface area contributed by atoms with Crippen molar-refractivity contribution in [3.8, 4) is 0 Å². The van der Waals surface area contributed by atoms with E-state index in [0.717, 1.165) is 4.47 Å². The van der Waals surface area contributed by atoms with Crippen LogP contribution in [0.25, 0.3) is 0 Å². The van der Waals surface area contributed by atoms with Gasteiger partial charge in [0.2, 0.25) is 0 Å². The minimum absolute atomic E-state index is 0.168. The molecule has 92 valence electrons. The van der Waals surface area contributed by atoms with Crippen LogP contribution in [0.3, 0.4) is 0 Å². The number of hydrogen-bond donors (Lipinski definition) is 2. The van der Waals surface area contributed by atoms with Gasteiger partial charge >= 0.3 is 5.97 Å². The van der Waals surface area contributed by atoms with Gasteiger partial charge in [-0.25, -0.2) is 0 Å². The SMILES string of the molecule is CCN(CC(=O)O)c1ccc(Br)cc1C(N)=O. The van der Waals surface area contributed by atoms with Crippen molar-refractivity contribution in [2.24, 2.45) is 5.73 Å². The maximum Gasteiger partial charge on any atom is 0.323 e. The summed E-state index contributed by atoms with van der Waals surface area (Å²) in [5, 5.41) is 8.79. The molecule has 0 bridgehead atoms. The number of primary amides is 1. The third-order valence-electron chi connectivity index (χ3n) is 2.27. The maximum atomic E-state index is 11.3. The zero-order chi connectivity index (χ0) is 13.0. The van der Waals surface area contributed by atoms with Crippen molar-refractivity contribution >= 4 is 33.5 Å². The zero-order valence-corrected chi connectivity index (χ0v) is 10.9. The Labute approximate surface area is 107 Å². The lowest BCUT2D eigenvalue weighted by molar-refractivity contribution is -0.135. The van der Waals surface area contributed by atoms with Crippen LogP contribution in [0.1, 0.15) is 17.3 Å². The molecule has 1 aromatic rings. The topological polar surface area (TPSA) is 83.6 Å². The van der Waals surface area contributed by atoms with E-state index < -0.39 is 11.9 Å². The van der Waals surface area contributed by atoms with Gasteiger partial charge in [-0.2, -0.15) is 0 Å². The lowest BCUT2D eigenvalue weighted by Gasteiger charge is -2.23. The molecule has 17 heavy (non-hydrogen) atoms. The quantitative estimate of drug-likeness (QED) is 0.862. The van der Waals surface area contributed by atoms with Gasteiger partial charge in [-0.05, 0) is 25.1 Å². The monoisotopic (exact) mass is 300 g/mol. The Morgan fingerprint density at radius 3 is 2.59 bits per heavy atom. The molecule has 0 atom stereocenters. The Morgan fingerprint density at radius 1 is 1.47 bits per heavy atom. The van der Waals surface area contributed by atoms with Gasteiger partial charge in [0, 0.05) is 11.0 Å². The number of hydrogen-bond acceptors (Lipinski definition) is 3. The second kappa shape index (κ2) is 5.67. The number of carbonyl (C=O) groups is 2. The summed E-state index contributed by atoms with van der Waals surface area (Å²) in [6.45, 7) is 2.13. The third kappa shape index (κ3) is 3.45. The number of likely N-dealkylation sites (N-methyl/N-ethyl adjacent to an activating group) is 1. The normalized spacial score (nSPS) is 10.0. The Balaban J connectivity index is 3.18. The largest absolute Gasteiger partial charge is 0.480 e. The fourth-order valence-electron chi connectivity index (χ4n) is 1.51. The number of halogens is 1. The zero-order valence-electron chi connectivity index (χ0n) is 9.31. The molecule has 3 N–H and O–H groups in total. The summed E-state index contributed by atoms with van der Waals surface area (Å²) in [4.78, 5) is 23.6. The van der Waals surface area contributed by atoms with Crippen LogP contribution in [-0.4, -0.2) is 30.1 Å². The molecule has 0 aliphatic rings. The van der Waals surface area contributed by atoms with E-state index in [1.807, 2.05) is 6.92 Å². The highest BCUT2D eigenvalue weighted by Gasteiger charge is 2.16. The van der Waals surface area contributed by atoms with Gasteiger partial charge in [0.15, 0.2) is 0 Å². The van der Waals surface area contributed by atoms with Crippen LogP contribution in [0, 0.1) is 0 Å². The molecule has 0 saturated heterocycles. The molecule has 1 amide bonds. The molecule has 0 saturated carbocycles. The average molecular weight is 301 g/mol. The van der Waals surface area contributed by atoms with Gasteiger partial charge in [0.1, 0.15) is 6.54 Å². The number of carboxylic acids is 1. The molecule has 0 fully saturated rings. The Bertz CT molecular complexity index is 448. The predicted octanol–water partition coefficient (Wildman–Crippen LogP) is 1.46. The minimum Gasteiger partial charge on any atom is -0.480 e. The van der Waals surface area contributed by atoms with Crippen LogP contribution in [0.5, 0.6) is 0 Å². The first kappa shape index (κ1) is 13.5. The lowest BCUT2D eigenvalue weighted by atomic mass is 10.1. The van der Waals surface area contributed by atoms with Gasteiger partial charge in [-0.15, -0.1) is 0 Å². The van der Waals surface area contributed by atoms with Gasteiger partial charge in [-0.1, -0.05) is 15.9 Å². The molecule has 0 aliphatic carbocycles. The van der Waals surface area contributed by atoms with Gasteiger partial charge in [0.05, 0.1) is 11.3 Å². The molecule has 0 unspecified atom stereocenters. The summed E-state index contributed by atoms with van der Waals surface area (Å²) in [7, 11) is 0. The van der Waals surface area contributed by atoms with Gasteiger partial charge in [0.25, 0.3) is 5.91 Å². The molecule has 0 aliphatic heterocycles. The van der Waals surface area contributed by atoms with E-state index in [1.54, 1.807) is 23.1 Å². The highest BCUT2D eigenvalue weighted by Crippen LogP contribution is 2.24. The summed E-state index contributed by atoms with van der Waals surface area (Å²) in [6, 6.07) is 5.01. The molecule has 1 aromatic carbocycles. The van der Waals surface area contributed by atoms with E-state index >= 15 is 0 Å². The highest BCUT2D eigenvalue weighted by atomic mass is 79.9. The molecular formula is C11H13BrN2O3. The van der Waals surface area contributed by atoms with Crippen LogP contribution in [0.4, 0.5) is 5.69 Å². The molecule has 1 rings (SSSR count). The van der Waals surface area contributed by atoms with Crippen molar-refractivity contribution in [1.82, 2.24) is 0 Å². The Kier molecular flexibility index (Phi) is 4.51. The van der Waals surface area contributed by atoms with E-state index in [1.165, 1.54) is 0 Å². The molecule has 0 aromatic heterocycles. The fraction of sp³-hybridized carbons (Fsp3) is 0.273. The summed E-state index contributed by atoms with van der Waals surface area (Å²) in [5.74, 6) is -1.53. The third-order valence-corrected chi connectivity index (χ3v) is 2.77. The second-order valence-corrected chi connectivity index (χ2v) is 4.35. The molecule has 0 radical (unpaired) electrons. The molecule has 5 nitrogen and oxygen atoms in total. The van der Waals surface area contributed by atoms with Crippen LogP contribution < -0.4 is 10.6 Å². The van der Waals surface area contributed by atoms with Crippen molar-refractivity contribution in [3.05, 3.63) is 28.2 Å². The number of amides is 1. The maximum absolute atomic E-state index is 11.3. The van der Waals surface area contributed by atoms with Gasteiger partial charge < -0.3 is 15.7 Å². The van der Waals surface area contributed by atoms with Crippen LogP contribution in [0.2, 0.25) is 0 Å². The number of carbonyl (C=O) groups excluding carboxylic acids is 1. The van der Waals surface area contributed by atoms with Gasteiger partial charge in [-0.3, -0.25) is 9.59 Å². The van der Waals surface area contributed by atoms with Crippen LogP contribution >= 0.6 is 15.9 Å². The fourth-order valence-corrected chi connectivity index (χ4v) is 1.87. The van der Waals surface area contributed by atoms with Crippen LogP contribution in [0.15, 0.2) is 22.7 Å². The number of carboxylic acid groups (broad SMARTS) is 1. The van der Waals surface area contributed by atoms with E-state index in [0.29, 0.717) is 17.8 Å². The van der Waals surface area contributed by atoms with Crippen molar-refractivity contribution in [3.63, 3.8) is 0 Å². The standard InChI is InChI=1S/C11H13BrN2O3/c1-2-14(6-10(15)16)9-4-3-7(12)5-8(9)11(13)17/h3-5H,2,6H2,1H3,(H2,13,17)(H,15,16). The first-order chi connectivity index (χ1) is 7.95. The summed E-state index contributed by atoms with van der Waals surface area (Å²) in [6.07, 6.45) is 0. The number of aliphatic carboxylic acids is 1.